The maximum absolute atomic E-state index is 12.9. The monoisotopic (exact) mass is 151 g/mol. The van der Waals surface area contributed by atoms with Crippen LogP contribution in [0.2, 0.25) is 0 Å². The molecule has 1 aliphatic heterocycles. The van der Waals surface area contributed by atoms with E-state index >= 15 is 0 Å². The summed E-state index contributed by atoms with van der Waals surface area (Å²) in [6, 6.07) is 3.40. The van der Waals surface area contributed by atoms with Crippen molar-refractivity contribution in [2.75, 3.05) is 11.9 Å². The Morgan fingerprint density at radius 1 is 1.45 bits per heavy atom. The second kappa shape index (κ2) is 2.22. The van der Waals surface area contributed by atoms with Gasteiger partial charge < -0.3 is 5.32 Å². The van der Waals surface area contributed by atoms with Gasteiger partial charge in [0.05, 0.1) is 0 Å². The zero-order valence-corrected chi connectivity index (χ0v) is 6.45. The maximum atomic E-state index is 12.9. The van der Waals surface area contributed by atoms with Crippen LogP contribution in [0.3, 0.4) is 0 Å². The summed E-state index contributed by atoms with van der Waals surface area (Å²) in [5.74, 6) is -0.113. The van der Waals surface area contributed by atoms with E-state index in [2.05, 4.69) is 5.32 Å². The number of rotatable bonds is 0. The fourth-order valence-electron chi connectivity index (χ4n) is 1.52. The highest BCUT2D eigenvalue weighted by Gasteiger charge is 2.13. The van der Waals surface area contributed by atoms with E-state index in [1.807, 2.05) is 13.0 Å². The lowest BCUT2D eigenvalue weighted by atomic mass is 10.1. The third kappa shape index (κ3) is 0.897. The molecule has 2 rings (SSSR count). The van der Waals surface area contributed by atoms with Crippen LogP contribution in [0.15, 0.2) is 12.1 Å². The van der Waals surface area contributed by atoms with Crippen molar-refractivity contribution in [3.63, 3.8) is 0 Å². The van der Waals surface area contributed by atoms with Gasteiger partial charge in [-0.05, 0) is 25.0 Å². The Bertz CT molecular complexity index is 294. The minimum absolute atomic E-state index is 0.113. The Kier molecular flexibility index (Phi) is 1.34. The molecule has 0 saturated heterocycles. The molecule has 1 aromatic carbocycles. The molecule has 1 N–H and O–H groups in total. The van der Waals surface area contributed by atoms with Crippen molar-refractivity contribution >= 4 is 5.69 Å². The van der Waals surface area contributed by atoms with Crippen LogP contribution in [-0.4, -0.2) is 6.54 Å². The number of benzene rings is 1. The summed E-state index contributed by atoms with van der Waals surface area (Å²) in [5.41, 5.74) is 2.99. The van der Waals surface area contributed by atoms with E-state index in [4.69, 9.17) is 0 Å². The first-order chi connectivity index (χ1) is 5.29. The van der Waals surface area contributed by atoms with Gasteiger partial charge in [0.1, 0.15) is 5.82 Å². The lowest BCUT2D eigenvalue weighted by molar-refractivity contribution is 0.619. The SMILES string of the molecule is Cc1c(F)ccc2c1NCC2. The lowest BCUT2D eigenvalue weighted by Gasteiger charge is -2.04. The Morgan fingerprint density at radius 2 is 2.27 bits per heavy atom. The summed E-state index contributed by atoms with van der Waals surface area (Å²) in [7, 11) is 0. The first-order valence-corrected chi connectivity index (χ1v) is 3.81. The normalized spacial score (nSPS) is 14.4. The van der Waals surface area contributed by atoms with Gasteiger partial charge in [-0.1, -0.05) is 6.07 Å². The van der Waals surface area contributed by atoms with Crippen molar-refractivity contribution in [2.45, 2.75) is 13.3 Å². The third-order valence-corrected chi connectivity index (χ3v) is 2.18. The van der Waals surface area contributed by atoms with Gasteiger partial charge in [-0.3, -0.25) is 0 Å². The molecule has 11 heavy (non-hydrogen) atoms. The number of halogens is 1. The van der Waals surface area contributed by atoms with E-state index in [1.165, 1.54) is 5.56 Å². The summed E-state index contributed by atoms with van der Waals surface area (Å²) in [6.45, 7) is 2.76. The van der Waals surface area contributed by atoms with Crippen molar-refractivity contribution in [3.05, 3.63) is 29.1 Å². The number of hydrogen-bond acceptors (Lipinski definition) is 1. The fourth-order valence-corrected chi connectivity index (χ4v) is 1.52. The second-order valence-corrected chi connectivity index (χ2v) is 2.88. The molecule has 0 radical (unpaired) electrons. The Morgan fingerprint density at radius 3 is 3.09 bits per heavy atom. The van der Waals surface area contributed by atoms with Crippen LogP contribution in [0.5, 0.6) is 0 Å². The molecule has 0 atom stereocenters. The molecule has 0 unspecified atom stereocenters. The van der Waals surface area contributed by atoms with E-state index < -0.39 is 0 Å². The molecule has 1 aromatic rings. The van der Waals surface area contributed by atoms with E-state index in [-0.39, 0.29) is 5.82 Å². The highest BCUT2D eigenvalue weighted by molar-refractivity contribution is 5.60. The minimum atomic E-state index is -0.113. The molecule has 0 spiro atoms. The van der Waals surface area contributed by atoms with Gasteiger partial charge >= 0.3 is 0 Å². The predicted octanol–water partition coefficient (Wildman–Crippen LogP) is 2.10. The van der Waals surface area contributed by atoms with Gasteiger partial charge in [0.2, 0.25) is 0 Å². The number of fused-ring (bicyclic) bond motifs is 1. The molecule has 0 aliphatic carbocycles. The average molecular weight is 151 g/mol. The molecule has 1 aliphatic rings. The first kappa shape index (κ1) is 6.65. The molecule has 0 fully saturated rings. The zero-order valence-electron chi connectivity index (χ0n) is 6.45. The molecular formula is C9H10FN. The van der Waals surface area contributed by atoms with Gasteiger partial charge in [-0.25, -0.2) is 4.39 Å². The van der Waals surface area contributed by atoms with Gasteiger partial charge in [0, 0.05) is 17.8 Å². The van der Waals surface area contributed by atoms with Crippen molar-refractivity contribution in [3.8, 4) is 0 Å². The topological polar surface area (TPSA) is 12.0 Å². The summed E-state index contributed by atoms with van der Waals surface area (Å²) in [5, 5.41) is 3.17. The Balaban J connectivity index is 2.62. The zero-order chi connectivity index (χ0) is 7.84. The van der Waals surface area contributed by atoms with Crippen molar-refractivity contribution in [1.82, 2.24) is 0 Å². The molecule has 0 aromatic heterocycles. The van der Waals surface area contributed by atoms with Crippen LogP contribution in [-0.2, 0) is 6.42 Å². The van der Waals surface area contributed by atoms with Crippen LogP contribution in [0, 0.1) is 12.7 Å². The van der Waals surface area contributed by atoms with E-state index in [9.17, 15) is 4.39 Å². The number of nitrogens with one attached hydrogen (secondary N) is 1. The Hall–Kier alpha value is -1.05. The van der Waals surface area contributed by atoms with Crippen LogP contribution in [0.1, 0.15) is 11.1 Å². The molecule has 0 bridgehead atoms. The van der Waals surface area contributed by atoms with E-state index in [0.717, 1.165) is 24.2 Å². The molecule has 2 heteroatoms. The molecule has 0 amide bonds. The van der Waals surface area contributed by atoms with Gasteiger partial charge in [0.15, 0.2) is 0 Å². The number of anilines is 1. The number of hydrogen-bond donors (Lipinski definition) is 1. The summed E-state index contributed by atoms with van der Waals surface area (Å²) in [6.07, 6.45) is 1.02. The van der Waals surface area contributed by atoms with E-state index in [0.29, 0.717) is 0 Å². The van der Waals surface area contributed by atoms with E-state index in [1.54, 1.807) is 6.07 Å². The second-order valence-electron chi connectivity index (χ2n) is 2.88. The summed E-state index contributed by atoms with van der Waals surface area (Å²) in [4.78, 5) is 0. The quantitative estimate of drug-likeness (QED) is 0.598. The first-order valence-electron chi connectivity index (χ1n) is 3.81. The molecule has 1 nitrogen and oxygen atoms in total. The van der Waals surface area contributed by atoms with Gasteiger partial charge in [0.25, 0.3) is 0 Å². The van der Waals surface area contributed by atoms with Crippen molar-refractivity contribution < 1.29 is 4.39 Å². The molecule has 58 valence electrons. The Labute approximate surface area is 65.2 Å². The minimum Gasteiger partial charge on any atom is -0.384 e. The van der Waals surface area contributed by atoms with Crippen molar-refractivity contribution in [1.29, 1.82) is 0 Å². The summed E-state index contributed by atoms with van der Waals surface area (Å²) < 4.78 is 12.9. The highest BCUT2D eigenvalue weighted by atomic mass is 19.1. The van der Waals surface area contributed by atoms with Crippen LogP contribution in [0.25, 0.3) is 0 Å². The third-order valence-electron chi connectivity index (χ3n) is 2.18. The maximum Gasteiger partial charge on any atom is 0.128 e. The largest absolute Gasteiger partial charge is 0.384 e. The summed E-state index contributed by atoms with van der Waals surface area (Å²) >= 11 is 0. The van der Waals surface area contributed by atoms with Crippen LogP contribution < -0.4 is 5.32 Å². The molecule has 1 heterocycles. The molecule has 0 saturated carbocycles. The van der Waals surface area contributed by atoms with Gasteiger partial charge in [-0.2, -0.15) is 0 Å². The lowest BCUT2D eigenvalue weighted by Crippen LogP contribution is -1.94. The standard InChI is InChI=1S/C9H10FN/c1-6-8(10)3-2-7-4-5-11-9(6)7/h2-3,11H,4-5H2,1H3. The van der Waals surface area contributed by atoms with Gasteiger partial charge in [-0.15, -0.1) is 0 Å². The van der Waals surface area contributed by atoms with Crippen LogP contribution >= 0.6 is 0 Å². The average Bonchev–Trinajstić information content (AvgIpc) is 2.45. The smallest absolute Gasteiger partial charge is 0.128 e. The van der Waals surface area contributed by atoms with Crippen LogP contribution in [0.4, 0.5) is 10.1 Å². The predicted molar refractivity (Wildman–Crippen MR) is 43.3 cm³/mol. The molecular weight excluding hydrogens is 141 g/mol. The van der Waals surface area contributed by atoms with Crippen molar-refractivity contribution in [2.24, 2.45) is 0 Å². The fraction of sp³-hybridized carbons (Fsp3) is 0.333. The highest BCUT2D eigenvalue weighted by Crippen LogP contribution is 2.27.